The molecular weight excluding hydrogens is 256 g/mol. The lowest BCUT2D eigenvalue weighted by molar-refractivity contribution is 0.161. The molecule has 0 aromatic rings. The highest BCUT2D eigenvalue weighted by atomic mass is 32.2. The van der Waals surface area contributed by atoms with Gasteiger partial charge in [-0.15, -0.1) is 0 Å². The lowest BCUT2D eigenvalue weighted by Gasteiger charge is -2.24. The molecule has 0 aromatic heterocycles. The molecule has 0 aromatic carbocycles. The first-order chi connectivity index (χ1) is 8.60. The van der Waals surface area contributed by atoms with Gasteiger partial charge < -0.3 is 15.2 Å². The molecule has 0 radical (unpaired) electrons. The number of hydrogen-bond donors (Lipinski definition) is 2. The van der Waals surface area contributed by atoms with Crippen molar-refractivity contribution >= 4 is 10.0 Å². The molecule has 108 valence electrons. The van der Waals surface area contributed by atoms with E-state index in [1.807, 2.05) is 6.92 Å². The first kappa shape index (κ1) is 15.8. The Morgan fingerprint density at radius 2 is 2.28 bits per heavy atom. The Labute approximate surface area is 109 Å². The van der Waals surface area contributed by atoms with Gasteiger partial charge >= 0.3 is 0 Å². The number of nitrogens with zero attached hydrogens (tertiary/aromatic N) is 1. The van der Waals surface area contributed by atoms with E-state index in [1.165, 1.54) is 4.31 Å². The van der Waals surface area contributed by atoms with Crippen LogP contribution in [0.4, 0.5) is 0 Å². The molecule has 7 heteroatoms. The van der Waals surface area contributed by atoms with Crippen molar-refractivity contribution in [2.45, 2.75) is 25.8 Å². The van der Waals surface area contributed by atoms with E-state index in [0.717, 1.165) is 19.4 Å². The summed E-state index contributed by atoms with van der Waals surface area (Å²) in [5.74, 6) is -0.0203. The van der Waals surface area contributed by atoms with Crippen molar-refractivity contribution in [1.29, 1.82) is 0 Å². The lowest BCUT2D eigenvalue weighted by atomic mass is 10.2. The third-order valence-corrected chi connectivity index (χ3v) is 4.82. The van der Waals surface area contributed by atoms with Gasteiger partial charge in [-0.1, -0.05) is 0 Å². The number of sulfonamides is 1. The maximum Gasteiger partial charge on any atom is 0.216 e. The van der Waals surface area contributed by atoms with E-state index in [9.17, 15) is 8.42 Å². The summed E-state index contributed by atoms with van der Waals surface area (Å²) in [7, 11) is -3.34. The molecule has 0 amide bonds. The lowest BCUT2D eigenvalue weighted by Crippen LogP contribution is -2.43. The van der Waals surface area contributed by atoms with Crippen LogP contribution in [0.25, 0.3) is 0 Å². The summed E-state index contributed by atoms with van der Waals surface area (Å²) in [4.78, 5) is 0. The summed E-state index contributed by atoms with van der Waals surface area (Å²) < 4.78 is 30.6. The molecule has 1 heterocycles. The summed E-state index contributed by atoms with van der Waals surface area (Å²) in [6.45, 7) is 3.94. The SMILES string of the molecule is CCOCCS(=O)(=O)N(CCO)CC1CCCN1. The number of aliphatic hydroxyl groups excluding tert-OH is 1. The largest absolute Gasteiger partial charge is 0.395 e. The third kappa shape index (κ3) is 5.19. The number of aliphatic hydroxyl groups is 1. The van der Waals surface area contributed by atoms with Crippen LogP contribution >= 0.6 is 0 Å². The van der Waals surface area contributed by atoms with Gasteiger partial charge in [0.1, 0.15) is 0 Å². The summed E-state index contributed by atoms with van der Waals surface area (Å²) in [5, 5.41) is 12.3. The number of rotatable bonds is 9. The second kappa shape index (κ2) is 8.06. The average Bonchev–Trinajstić information content (AvgIpc) is 2.81. The van der Waals surface area contributed by atoms with Gasteiger partial charge in [0.15, 0.2) is 0 Å². The molecule has 1 unspecified atom stereocenters. The Morgan fingerprint density at radius 3 is 2.83 bits per heavy atom. The predicted octanol–water partition coefficient (Wildman–Crippen LogP) is -0.601. The normalized spacial score (nSPS) is 20.7. The molecule has 1 aliphatic heterocycles. The first-order valence-electron chi connectivity index (χ1n) is 6.50. The average molecular weight is 280 g/mol. The maximum atomic E-state index is 12.1. The van der Waals surface area contributed by atoms with Gasteiger partial charge in [-0.3, -0.25) is 0 Å². The van der Waals surface area contributed by atoms with E-state index in [0.29, 0.717) is 13.2 Å². The van der Waals surface area contributed by atoms with Crippen LogP contribution in [0.2, 0.25) is 0 Å². The minimum absolute atomic E-state index is 0.0203. The van der Waals surface area contributed by atoms with Crippen LogP contribution in [0.1, 0.15) is 19.8 Å². The fourth-order valence-electron chi connectivity index (χ4n) is 2.05. The number of hydrogen-bond acceptors (Lipinski definition) is 5. The molecule has 1 fully saturated rings. The van der Waals surface area contributed by atoms with Crippen LogP contribution in [-0.4, -0.2) is 69.1 Å². The van der Waals surface area contributed by atoms with Crippen molar-refractivity contribution in [3.05, 3.63) is 0 Å². The van der Waals surface area contributed by atoms with Crippen LogP contribution in [0.5, 0.6) is 0 Å². The second-order valence-electron chi connectivity index (χ2n) is 4.39. The Hall–Kier alpha value is -0.210. The van der Waals surface area contributed by atoms with Gasteiger partial charge in [-0.2, -0.15) is 4.31 Å². The molecule has 0 bridgehead atoms. The summed E-state index contributed by atoms with van der Waals surface area (Å²) in [6, 6.07) is 0.207. The minimum atomic E-state index is -3.34. The maximum absolute atomic E-state index is 12.1. The van der Waals surface area contributed by atoms with Crippen molar-refractivity contribution in [1.82, 2.24) is 9.62 Å². The van der Waals surface area contributed by atoms with E-state index in [4.69, 9.17) is 9.84 Å². The quantitative estimate of drug-likeness (QED) is 0.551. The molecule has 0 saturated carbocycles. The third-order valence-electron chi connectivity index (χ3n) is 3.02. The number of ether oxygens (including phenoxy) is 1. The van der Waals surface area contributed by atoms with E-state index in [2.05, 4.69) is 5.32 Å². The van der Waals surface area contributed by atoms with E-state index in [-0.39, 0.29) is 31.6 Å². The van der Waals surface area contributed by atoms with Gasteiger partial charge in [-0.25, -0.2) is 8.42 Å². The Balaban J connectivity index is 2.52. The zero-order chi connectivity index (χ0) is 13.4. The molecule has 0 spiro atoms. The molecular formula is C11H24N2O4S. The Morgan fingerprint density at radius 1 is 1.50 bits per heavy atom. The monoisotopic (exact) mass is 280 g/mol. The topological polar surface area (TPSA) is 78.9 Å². The predicted molar refractivity (Wildman–Crippen MR) is 70.0 cm³/mol. The van der Waals surface area contributed by atoms with Gasteiger partial charge in [0.2, 0.25) is 10.0 Å². The minimum Gasteiger partial charge on any atom is -0.395 e. The number of nitrogens with one attached hydrogen (secondary N) is 1. The van der Waals surface area contributed by atoms with Gasteiger partial charge in [0.25, 0.3) is 0 Å². The summed E-state index contributed by atoms with van der Waals surface area (Å²) in [5.41, 5.74) is 0. The summed E-state index contributed by atoms with van der Waals surface area (Å²) in [6.07, 6.45) is 2.07. The van der Waals surface area contributed by atoms with Crippen molar-refractivity contribution in [3.63, 3.8) is 0 Å². The second-order valence-corrected chi connectivity index (χ2v) is 6.48. The zero-order valence-corrected chi connectivity index (χ0v) is 11.8. The van der Waals surface area contributed by atoms with E-state index in [1.54, 1.807) is 0 Å². The molecule has 1 atom stereocenters. The Kier molecular flexibility index (Phi) is 7.10. The molecule has 2 N–H and O–H groups in total. The van der Waals surface area contributed by atoms with Crippen molar-refractivity contribution in [2.75, 3.05) is 45.2 Å². The van der Waals surface area contributed by atoms with Crippen LogP contribution < -0.4 is 5.32 Å². The fraction of sp³-hybridized carbons (Fsp3) is 1.00. The zero-order valence-electron chi connectivity index (χ0n) is 11.0. The molecule has 6 nitrogen and oxygen atoms in total. The molecule has 1 aliphatic rings. The van der Waals surface area contributed by atoms with Gasteiger partial charge in [-0.05, 0) is 26.3 Å². The van der Waals surface area contributed by atoms with Gasteiger partial charge in [0, 0.05) is 25.7 Å². The molecule has 0 aliphatic carbocycles. The molecule has 1 saturated heterocycles. The van der Waals surface area contributed by atoms with Crippen LogP contribution in [0.3, 0.4) is 0 Å². The molecule has 1 rings (SSSR count). The van der Waals surface area contributed by atoms with E-state index < -0.39 is 10.0 Å². The van der Waals surface area contributed by atoms with Crippen LogP contribution in [-0.2, 0) is 14.8 Å². The summed E-state index contributed by atoms with van der Waals surface area (Å²) >= 11 is 0. The van der Waals surface area contributed by atoms with Gasteiger partial charge in [0.05, 0.1) is 19.0 Å². The molecule has 18 heavy (non-hydrogen) atoms. The standard InChI is InChI=1S/C11H24N2O4S/c1-2-17-8-9-18(15,16)13(6-7-14)10-11-4-3-5-12-11/h11-12,14H,2-10H2,1H3. The Bertz CT molecular complexity index is 315. The first-order valence-corrected chi connectivity index (χ1v) is 8.11. The van der Waals surface area contributed by atoms with Crippen molar-refractivity contribution in [2.24, 2.45) is 0 Å². The van der Waals surface area contributed by atoms with Crippen molar-refractivity contribution in [3.8, 4) is 0 Å². The van der Waals surface area contributed by atoms with Crippen molar-refractivity contribution < 1.29 is 18.3 Å². The highest BCUT2D eigenvalue weighted by Gasteiger charge is 2.26. The van der Waals surface area contributed by atoms with Crippen LogP contribution in [0.15, 0.2) is 0 Å². The van der Waals surface area contributed by atoms with E-state index >= 15 is 0 Å². The smallest absolute Gasteiger partial charge is 0.216 e. The highest BCUT2D eigenvalue weighted by Crippen LogP contribution is 2.10. The highest BCUT2D eigenvalue weighted by molar-refractivity contribution is 7.89. The fourth-order valence-corrected chi connectivity index (χ4v) is 3.41. The van der Waals surface area contributed by atoms with Crippen LogP contribution in [0, 0.1) is 0 Å².